The number of nitro benzene ring substituents is 2. The number of nitro groups is 2. The van der Waals surface area contributed by atoms with Gasteiger partial charge in [-0.2, -0.15) is 0 Å². The van der Waals surface area contributed by atoms with Gasteiger partial charge in [0.25, 0.3) is 11.6 Å². The molecule has 1 amide bonds. The van der Waals surface area contributed by atoms with Crippen molar-refractivity contribution in [3.05, 3.63) is 62.2 Å². The summed E-state index contributed by atoms with van der Waals surface area (Å²) in [5, 5.41) is 31.8. The Morgan fingerprint density at radius 1 is 1.00 bits per heavy atom. The van der Waals surface area contributed by atoms with Crippen LogP contribution in [0.5, 0.6) is 11.5 Å². The molecule has 1 N–H and O–H groups in total. The highest BCUT2D eigenvalue weighted by Crippen LogP contribution is 2.40. The summed E-state index contributed by atoms with van der Waals surface area (Å²) in [4.78, 5) is 47.0. The number of carboxylic acid groups (broad SMARTS) is 1. The molecule has 0 saturated carbocycles. The molecule has 0 aliphatic rings. The summed E-state index contributed by atoms with van der Waals surface area (Å²) < 4.78 is 5.66. The van der Waals surface area contributed by atoms with E-state index in [1.807, 2.05) is 0 Å². The van der Waals surface area contributed by atoms with Crippen LogP contribution < -0.4 is 9.64 Å². The second-order valence-corrected chi connectivity index (χ2v) is 6.37. The van der Waals surface area contributed by atoms with Crippen molar-refractivity contribution in [2.75, 3.05) is 32.6 Å². The van der Waals surface area contributed by atoms with E-state index in [1.54, 1.807) is 43.3 Å². The summed E-state index contributed by atoms with van der Waals surface area (Å²) in [5.74, 6) is -2.50. The Hall–Kier alpha value is -4.22. The van der Waals surface area contributed by atoms with Crippen molar-refractivity contribution in [3.63, 3.8) is 0 Å². The predicted octanol–water partition coefficient (Wildman–Crippen LogP) is 2.52. The van der Waals surface area contributed by atoms with Gasteiger partial charge in [-0.05, 0) is 12.1 Å². The Morgan fingerprint density at radius 3 is 2.13 bits per heavy atom. The molecule has 0 aliphatic carbocycles. The number of anilines is 1. The lowest BCUT2D eigenvalue weighted by atomic mass is 10.1. The fourth-order valence-corrected chi connectivity index (χ4v) is 2.62. The Balaban J connectivity index is 2.65. The molecule has 30 heavy (non-hydrogen) atoms. The van der Waals surface area contributed by atoms with E-state index in [2.05, 4.69) is 0 Å². The number of amides is 1. The maximum absolute atomic E-state index is 12.6. The minimum atomic E-state index is -1.33. The molecule has 0 aromatic heterocycles. The van der Waals surface area contributed by atoms with Crippen LogP contribution in [0.2, 0.25) is 0 Å². The first-order valence-electron chi connectivity index (χ1n) is 8.41. The van der Waals surface area contributed by atoms with Gasteiger partial charge in [0.05, 0.1) is 21.6 Å². The molecule has 2 aromatic carbocycles. The van der Waals surface area contributed by atoms with Gasteiger partial charge in [0.15, 0.2) is 5.75 Å². The lowest BCUT2D eigenvalue weighted by molar-refractivity contribution is -0.394. The molecule has 0 bridgehead atoms. The maximum atomic E-state index is 12.6. The molecule has 0 saturated heterocycles. The summed E-state index contributed by atoms with van der Waals surface area (Å²) in [5.41, 5.74) is -1.52. The van der Waals surface area contributed by atoms with Gasteiger partial charge in [-0.1, -0.05) is 12.1 Å². The van der Waals surface area contributed by atoms with Crippen LogP contribution in [0, 0.1) is 20.2 Å². The monoisotopic (exact) mass is 418 g/mol. The molecule has 0 radical (unpaired) electrons. The van der Waals surface area contributed by atoms with Gasteiger partial charge < -0.3 is 19.6 Å². The molecule has 12 heteroatoms. The van der Waals surface area contributed by atoms with E-state index in [0.717, 1.165) is 18.0 Å². The van der Waals surface area contributed by atoms with Crippen molar-refractivity contribution < 1.29 is 29.3 Å². The molecule has 0 aliphatic heterocycles. The van der Waals surface area contributed by atoms with Crippen LogP contribution in [0.1, 0.15) is 10.4 Å². The molecule has 158 valence electrons. The number of rotatable bonds is 8. The van der Waals surface area contributed by atoms with Crippen molar-refractivity contribution in [3.8, 4) is 11.5 Å². The number of ether oxygens (including phenoxy) is 1. The molecule has 0 fully saturated rings. The van der Waals surface area contributed by atoms with Gasteiger partial charge in [-0.3, -0.25) is 29.8 Å². The van der Waals surface area contributed by atoms with E-state index >= 15 is 0 Å². The highest BCUT2D eigenvalue weighted by molar-refractivity contribution is 6.00. The van der Waals surface area contributed by atoms with Crippen LogP contribution in [0.25, 0.3) is 0 Å². The quantitative estimate of drug-likeness (QED) is 0.502. The van der Waals surface area contributed by atoms with Crippen molar-refractivity contribution in [2.24, 2.45) is 0 Å². The normalized spacial score (nSPS) is 10.2. The van der Waals surface area contributed by atoms with E-state index in [1.165, 1.54) is 0 Å². The van der Waals surface area contributed by atoms with Crippen LogP contribution in [0.4, 0.5) is 17.1 Å². The topological polar surface area (TPSA) is 156 Å². The first-order chi connectivity index (χ1) is 14.0. The lowest BCUT2D eigenvalue weighted by Gasteiger charge is -2.18. The molecule has 0 heterocycles. The minimum absolute atomic E-state index is 0.219. The number of aliphatic carboxylic acids is 1. The van der Waals surface area contributed by atoms with Crippen molar-refractivity contribution >= 4 is 28.9 Å². The van der Waals surface area contributed by atoms with E-state index in [-0.39, 0.29) is 5.75 Å². The molecule has 0 atom stereocenters. The zero-order valence-electron chi connectivity index (χ0n) is 16.3. The molecule has 2 aromatic rings. The molecule has 12 nitrogen and oxygen atoms in total. The smallest absolute Gasteiger partial charge is 0.323 e. The Kier molecular flexibility index (Phi) is 6.52. The number of hydrogen-bond acceptors (Lipinski definition) is 8. The standard InChI is InChI=1S/C18H18N4O8/c1-19(2)12-6-4-5-7-15(12)30-16-8-11(18(25)20(3)10-17(23)24)13(21(26)27)9-14(16)22(28)29/h4-9H,10H2,1-3H3,(H,23,24). The molecular weight excluding hydrogens is 400 g/mol. The van der Waals surface area contributed by atoms with Crippen molar-refractivity contribution in [1.29, 1.82) is 0 Å². The zero-order valence-corrected chi connectivity index (χ0v) is 16.3. The van der Waals surface area contributed by atoms with Crippen LogP contribution in [0.3, 0.4) is 0 Å². The first kappa shape index (κ1) is 22.1. The Morgan fingerprint density at radius 2 is 1.60 bits per heavy atom. The van der Waals surface area contributed by atoms with Gasteiger partial charge in [-0.25, -0.2) is 0 Å². The maximum Gasteiger partial charge on any atom is 0.323 e. The summed E-state index contributed by atoms with van der Waals surface area (Å²) in [6.07, 6.45) is 0. The van der Waals surface area contributed by atoms with E-state index in [4.69, 9.17) is 9.84 Å². The van der Waals surface area contributed by atoms with E-state index in [9.17, 15) is 29.8 Å². The van der Waals surface area contributed by atoms with Crippen molar-refractivity contribution in [2.45, 2.75) is 0 Å². The van der Waals surface area contributed by atoms with Crippen molar-refractivity contribution in [1.82, 2.24) is 4.90 Å². The third kappa shape index (κ3) is 4.79. The number of hydrogen-bond donors (Lipinski definition) is 1. The Bertz CT molecular complexity index is 1020. The molecule has 0 spiro atoms. The number of carbonyl (C=O) groups excluding carboxylic acids is 1. The summed E-state index contributed by atoms with van der Waals surface area (Å²) in [6, 6.07) is 8.09. The van der Waals surface area contributed by atoms with Crippen LogP contribution >= 0.6 is 0 Å². The fourth-order valence-electron chi connectivity index (χ4n) is 2.62. The first-order valence-corrected chi connectivity index (χ1v) is 8.41. The van der Waals surface area contributed by atoms with E-state index in [0.29, 0.717) is 11.8 Å². The van der Waals surface area contributed by atoms with Crippen LogP contribution in [-0.2, 0) is 4.79 Å². The number of carbonyl (C=O) groups is 2. The van der Waals surface area contributed by atoms with Crippen LogP contribution in [-0.4, -0.2) is 59.4 Å². The van der Waals surface area contributed by atoms with Gasteiger partial charge >= 0.3 is 11.7 Å². The van der Waals surface area contributed by atoms with Crippen LogP contribution in [0.15, 0.2) is 36.4 Å². The summed E-state index contributed by atoms with van der Waals surface area (Å²) in [6.45, 7) is -0.716. The third-order valence-corrected chi connectivity index (χ3v) is 3.99. The lowest BCUT2D eigenvalue weighted by Crippen LogP contribution is -2.32. The number of benzene rings is 2. The second kappa shape index (κ2) is 8.86. The number of para-hydroxylation sites is 2. The number of likely N-dealkylation sites (N-methyl/N-ethyl adjacent to an activating group) is 1. The van der Waals surface area contributed by atoms with E-state index < -0.39 is 51.0 Å². The average molecular weight is 418 g/mol. The summed E-state index contributed by atoms with van der Waals surface area (Å²) in [7, 11) is 4.59. The Labute approximate surface area is 170 Å². The highest BCUT2D eigenvalue weighted by Gasteiger charge is 2.31. The zero-order chi connectivity index (χ0) is 22.6. The van der Waals surface area contributed by atoms with Gasteiger partial charge in [-0.15, -0.1) is 0 Å². The second-order valence-electron chi connectivity index (χ2n) is 6.37. The number of carboxylic acids is 1. The van der Waals surface area contributed by atoms with Gasteiger partial charge in [0.1, 0.15) is 12.1 Å². The largest absolute Gasteiger partial charge is 0.480 e. The third-order valence-electron chi connectivity index (χ3n) is 3.99. The minimum Gasteiger partial charge on any atom is -0.480 e. The SMILES string of the molecule is CN(CC(=O)O)C(=O)c1cc(Oc2ccccc2N(C)C)c([N+](=O)[O-])cc1[N+](=O)[O-]. The van der Waals surface area contributed by atoms with Gasteiger partial charge in [0, 0.05) is 27.2 Å². The van der Waals surface area contributed by atoms with Gasteiger partial charge in [0.2, 0.25) is 5.75 Å². The predicted molar refractivity (Wildman–Crippen MR) is 105 cm³/mol. The molecule has 2 rings (SSSR count). The number of nitrogens with zero attached hydrogens (tertiary/aromatic N) is 4. The molecular formula is C18H18N4O8. The fraction of sp³-hybridized carbons (Fsp3) is 0.222. The summed E-state index contributed by atoms with van der Waals surface area (Å²) >= 11 is 0. The molecule has 0 unspecified atom stereocenters. The average Bonchev–Trinajstić information content (AvgIpc) is 2.66. The highest BCUT2D eigenvalue weighted by atomic mass is 16.6.